The Hall–Kier alpha value is -2.90. The SMILES string of the molecule is CC(=O)N(CC(=O)Nc1ccc(F)c(F)c1F)Cc1ccccn1. The fourth-order valence-electron chi connectivity index (χ4n) is 1.95. The Morgan fingerprint density at radius 1 is 1.12 bits per heavy atom. The van der Waals surface area contributed by atoms with Crippen LogP contribution in [0, 0.1) is 17.5 Å². The first kappa shape index (κ1) is 17.5. The summed E-state index contributed by atoms with van der Waals surface area (Å²) < 4.78 is 39.6. The second-order valence-electron chi connectivity index (χ2n) is 4.97. The van der Waals surface area contributed by atoms with E-state index < -0.39 is 29.0 Å². The maximum atomic E-state index is 13.5. The van der Waals surface area contributed by atoms with Crippen molar-refractivity contribution >= 4 is 17.5 Å². The van der Waals surface area contributed by atoms with Crippen LogP contribution < -0.4 is 5.32 Å². The summed E-state index contributed by atoms with van der Waals surface area (Å²) in [4.78, 5) is 28.8. The number of carbonyl (C=O) groups excluding carboxylic acids is 2. The van der Waals surface area contributed by atoms with Crippen molar-refractivity contribution in [2.75, 3.05) is 11.9 Å². The number of nitrogens with zero attached hydrogens (tertiary/aromatic N) is 2. The molecule has 2 amide bonds. The highest BCUT2D eigenvalue weighted by atomic mass is 19.2. The summed E-state index contributed by atoms with van der Waals surface area (Å²) in [5, 5.41) is 2.11. The van der Waals surface area contributed by atoms with Crippen LogP contribution in [0.2, 0.25) is 0 Å². The van der Waals surface area contributed by atoms with Gasteiger partial charge in [0.1, 0.15) is 6.54 Å². The minimum absolute atomic E-state index is 0.0872. The highest BCUT2D eigenvalue weighted by Crippen LogP contribution is 2.19. The smallest absolute Gasteiger partial charge is 0.244 e. The molecule has 1 aromatic carbocycles. The predicted octanol–water partition coefficient (Wildman–Crippen LogP) is 2.49. The normalized spacial score (nSPS) is 10.3. The summed E-state index contributed by atoms with van der Waals surface area (Å²) in [7, 11) is 0. The highest BCUT2D eigenvalue weighted by molar-refractivity contribution is 5.94. The second kappa shape index (κ2) is 7.58. The quantitative estimate of drug-likeness (QED) is 0.853. The van der Waals surface area contributed by atoms with Crippen molar-refractivity contribution in [2.45, 2.75) is 13.5 Å². The van der Waals surface area contributed by atoms with Crippen LogP contribution in [0.4, 0.5) is 18.9 Å². The third-order valence-corrected chi connectivity index (χ3v) is 3.17. The molecule has 0 saturated carbocycles. The van der Waals surface area contributed by atoms with E-state index in [-0.39, 0.29) is 19.0 Å². The Balaban J connectivity index is 2.06. The fraction of sp³-hybridized carbons (Fsp3) is 0.188. The van der Waals surface area contributed by atoms with E-state index in [1.54, 1.807) is 24.4 Å². The molecule has 0 unspecified atom stereocenters. The third kappa shape index (κ3) is 4.31. The molecule has 126 valence electrons. The molecule has 0 saturated heterocycles. The van der Waals surface area contributed by atoms with Gasteiger partial charge in [-0.3, -0.25) is 14.6 Å². The van der Waals surface area contributed by atoms with Crippen molar-refractivity contribution in [3.63, 3.8) is 0 Å². The second-order valence-corrected chi connectivity index (χ2v) is 4.97. The molecule has 8 heteroatoms. The molecule has 2 rings (SSSR count). The van der Waals surface area contributed by atoms with Crippen molar-refractivity contribution in [3.8, 4) is 0 Å². The van der Waals surface area contributed by atoms with Gasteiger partial charge in [-0.2, -0.15) is 0 Å². The van der Waals surface area contributed by atoms with Crippen LogP contribution in [0.1, 0.15) is 12.6 Å². The Kier molecular flexibility index (Phi) is 5.51. The van der Waals surface area contributed by atoms with Gasteiger partial charge < -0.3 is 10.2 Å². The number of nitrogens with one attached hydrogen (secondary N) is 1. The van der Waals surface area contributed by atoms with Gasteiger partial charge in [-0.05, 0) is 24.3 Å². The van der Waals surface area contributed by atoms with Gasteiger partial charge in [-0.1, -0.05) is 6.07 Å². The molecule has 0 spiro atoms. The fourth-order valence-corrected chi connectivity index (χ4v) is 1.95. The van der Waals surface area contributed by atoms with Crippen LogP contribution in [0.5, 0.6) is 0 Å². The number of aromatic nitrogens is 1. The van der Waals surface area contributed by atoms with E-state index in [0.717, 1.165) is 6.07 Å². The zero-order valence-electron chi connectivity index (χ0n) is 12.7. The van der Waals surface area contributed by atoms with Crippen molar-refractivity contribution in [1.82, 2.24) is 9.88 Å². The topological polar surface area (TPSA) is 62.3 Å². The van der Waals surface area contributed by atoms with Gasteiger partial charge in [0.25, 0.3) is 0 Å². The van der Waals surface area contributed by atoms with Crippen molar-refractivity contribution in [2.24, 2.45) is 0 Å². The number of hydrogen-bond acceptors (Lipinski definition) is 3. The maximum Gasteiger partial charge on any atom is 0.244 e. The Morgan fingerprint density at radius 2 is 1.88 bits per heavy atom. The molecule has 1 aromatic heterocycles. The van der Waals surface area contributed by atoms with Crippen LogP contribution in [0.25, 0.3) is 0 Å². The molecule has 2 aromatic rings. The zero-order chi connectivity index (χ0) is 17.7. The average molecular weight is 337 g/mol. The predicted molar refractivity (Wildman–Crippen MR) is 80.3 cm³/mol. The molecule has 1 heterocycles. The Bertz CT molecular complexity index is 754. The summed E-state index contributed by atoms with van der Waals surface area (Å²) in [5.74, 6) is -5.66. The Labute approximate surface area is 136 Å². The molecule has 0 aliphatic heterocycles. The third-order valence-electron chi connectivity index (χ3n) is 3.17. The van der Waals surface area contributed by atoms with Crippen LogP contribution in [0.3, 0.4) is 0 Å². The van der Waals surface area contributed by atoms with Crippen LogP contribution in [-0.4, -0.2) is 28.2 Å². The number of amides is 2. The molecule has 0 aliphatic rings. The van der Waals surface area contributed by atoms with Crippen LogP contribution in [-0.2, 0) is 16.1 Å². The first-order valence-electron chi connectivity index (χ1n) is 6.97. The Morgan fingerprint density at radius 3 is 2.50 bits per heavy atom. The van der Waals surface area contributed by atoms with E-state index >= 15 is 0 Å². The summed E-state index contributed by atoms with van der Waals surface area (Å²) >= 11 is 0. The minimum Gasteiger partial charge on any atom is -0.328 e. The molecular weight excluding hydrogens is 323 g/mol. The van der Waals surface area contributed by atoms with Gasteiger partial charge in [0.15, 0.2) is 17.5 Å². The van der Waals surface area contributed by atoms with E-state index in [4.69, 9.17) is 0 Å². The number of rotatable bonds is 5. The number of pyridine rings is 1. The molecule has 0 aliphatic carbocycles. The van der Waals surface area contributed by atoms with Gasteiger partial charge >= 0.3 is 0 Å². The lowest BCUT2D eigenvalue weighted by Gasteiger charge is -2.20. The number of halogens is 3. The first-order chi connectivity index (χ1) is 11.4. The van der Waals surface area contributed by atoms with Crippen molar-refractivity contribution < 1.29 is 22.8 Å². The molecule has 0 atom stereocenters. The van der Waals surface area contributed by atoms with Gasteiger partial charge in [0.2, 0.25) is 11.8 Å². The molecule has 5 nitrogen and oxygen atoms in total. The molecule has 0 fully saturated rings. The van der Waals surface area contributed by atoms with Gasteiger partial charge in [-0.15, -0.1) is 0 Å². The van der Waals surface area contributed by atoms with Gasteiger partial charge in [-0.25, -0.2) is 13.2 Å². The number of carbonyl (C=O) groups is 2. The van der Waals surface area contributed by atoms with Gasteiger partial charge in [0, 0.05) is 13.1 Å². The van der Waals surface area contributed by atoms with Crippen LogP contribution >= 0.6 is 0 Å². The summed E-state index contributed by atoms with van der Waals surface area (Å²) in [6.45, 7) is 0.975. The van der Waals surface area contributed by atoms with E-state index in [9.17, 15) is 22.8 Å². The van der Waals surface area contributed by atoms with E-state index in [1.165, 1.54) is 11.8 Å². The first-order valence-corrected chi connectivity index (χ1v) is 6.97. The molecule has 1 N–H and O–H groups in total. The zero-order valence-corrected chi connectivity index (χ0v) is 12.7. The summed E-state index contributed by atoms with van der Waals surface area (Å²) in [5.41, 5.74) is 0.0692. The van der Waals surface area contributed by atoms with Gasteiger partial charge in [0.05, 0.1) is 17.9 Å². The molecule has 24 heavy (non-hydrogen) atoms. The molecule has 0 radical (unpaired) electrons. The van der Waals surface area contributed by atoms with E-state index in [1.807, 2.05) is 0 Å². The summed E-state index contributed by atoms with van der Waals surface area (Å²) in [6.07, 6.45) is 1.55. The monoisotopic (exact) mass is 337 g/mol. The minimum atomic E-state index is -1.68. The van der Waals surface area contributed by atoms with E-state index in [2.05, 4.69) is 10.3 Å². The maximum absolute atomic E-state index is 13.5. The largest absolute Gasteiger partial charge is 0.328 e. The summed E-state index contributed by atoms with van der Waals surface area (Å²) in [6, 6.07) is 6.73. The van der Waals surface area contributed by atoms with Crippen molar-refractivity contribution in [1.29, 1.82) is 0 Å². The average Bonchev–Trinajstić information content (AvgIpc) is 2.56. The van der Waals surface area contributed by atoms with E-state index in [0.29, 0.717) is 11.8 Å². The standard InChI is InChI=1S/C16H14F3N3O2/c1-10(23)22(8-11-4-2-3-7-20-11)9-14(24)21-13-6-5-12(17)15(18)16(13)19/h2-7H,8-9H2,1H3,(H,21,24). The van der Waals surface area contributed by atoms with Crippen LogP contribution in [0.15, 0.2) is 36.5 Å². The number of anilines is 1. The number of benzene rings is 1. The highest BCUT2D eigenvalue weighted by Gasteiger charge is 2.18. The molecule has 0 bridgehead atoms. The molecular formula is C16H14F3N3O2. The lowest BCUT2D eigenvalue weighted by Crippen LogP contribution is -2.36. The van der Waals surface area contributed by atoms with Crippen molar-refractivity contribution in [3.05, 3.63) is 59.7 Å². The lowest BCUT2D eigenvalue weighted by atomic mass is 10.2. The lowest BCUT2D eigenvalue weighted by molar-refractivity contribution is -0.133. The number of hydrogen-bond donors (Lipinski definition) is 1.